The predicted molar refractivity (Wildman–Crippen MR) is 113 cm³/mol. The summed E-state index contributed by atoms with van der Waals surface area (Å²) in [5.41, 5.74) is 4.68. The zero-order chi connectivity index (χ0) is 20.3. The van der Waals surface area contributed by atoms with Crippen molar-refractivity contribution in [1.82, 2.24) is 9.71 Å². The van der Waals surface area contributed by atoms with E-state index >= 15 is 0 Å². The van der Waals surface area contributed by atoms with Gasteiger partial charge in [-0.05, 0) is 53.9 Å². The number of aryl methyl sites for hydroxylation is 1. The van der Waals surface area contributed by atoms with E-state index in [1.54, 1.807) is 36.7 Å². The van der Waals surface area contributed by atoms with Gasteiger partial charge < -0.3 is 4.42 Å². The van der Waals surface area contributed by atoms with E-state index in [1.165, 1.54) is 5.56 Å². The summed E-state index contributed by atoms with van der Waals surface area (Å²) in [5.74, 6) is 0.672. The molecule has 2 aromatic carbocycles. The Morgan fingerprint density at radius 3 is 2.17 bits per heavy atom. The molecule has 0 radical (unpaired) electrons. The maximum Gasteiger partial charge on any atom is 0.240 e. The summed E-state index contributed by atoms with van der Waals surface area (Å²) >= 11 is 0. The molecule has 0 aliphatic heterocycles. The van der Waals surface area contributed by atoms with Gasteiger partial charge in [0.1, 0.15) is 5.69 Å². The van der Waals surface area contributed by atoms with Crippen molar-refractivity contribution in [2.24, 2.45) is 0 Å². The molecule has 0 aliphatic carbocycles. The van der Waals surface area contributed by atoms with E-state index in [9.17, 15) is 8.42 Å². The molecule has 1 N–H and O–H groups in total. The third-order valence-corrected chi connectivity index (χ3v) is 6.03. The summed E-state index contributed by atoms with van der Waals surface area (Å²) in [7, 11) is -3.61. The average Bonchev–Trinajstić information content (AvgIpc) is 3.28. The molecule has 2 heterocycles. The quantitative estimate of drug-likeness (QED) is 0.501. The molecule has 0 aliphatic rings. The van der Waals surface area contributed by atoms with Crippen LogP contribution in [-0.4, -0.2) is 13.4 Å². The number of sulfonamides is 1. The Bertz CT molecular complexity index is 1180. The summed E-state index contributed by atoms with van der Waals surface area (Å²) < 4.78 is 33.1. The second-order valence-electron chi connectivity index (χ2n) is 6.74. The first-order valence-electron chi connectivity index (χ1n) is 9.17. The summed E-state index contributed by atoms with van der Waals surface area (Å²) in [6.07, 6.45) is 3.23. The van der Waals surface area contributed by atoms with Gasteiger partial charge >= 0.3 is 0 Å². The van der Waals surface area contributed by atoms with Gasteiger partial charge in [0.05, 0.1) is 11.2 Å². The molecule has 0 spiro atoms. The van der Waals surface area contributed by atoms with E-state index in [1.807, 2.05) is 55.5 Å². The van der Waals surface area contributed by atoms with Crippen LogP contribution in [0.5, 0.6) is 0 Å². The molecule has 5 nitrogen and oxygen atoms in total. The summed E-state index contributed by atoms with van der Waals surface area (Å²) in [6.45, 7) is 2.19. The minimum atomic E-state index is -3.61. The molecular formula is C23H20N2O3S. The number of rotatable bonds is 6. The molecule has 0 fully saturated rings. The predicted octanol–water partition coefficient (Wildman–Crippen LogP) is 4.80. The third-order valence-electron chi connectivity index (χ3n) is 4.61. The second-order valence-corrected chi connectivity index (χ2v) is 8.51. The lowest BCUT2D eigenvalue weighted by Gasteiger charge is -2.08. The Kier molecular flexibility index (Phi) is 5.29. The van der Waals surface area contributed by atoms with Crippen LogP contribution in [0.4, 0.5) is 0 Å². The van der Waals surface area contributed by atoms with Gasteiger partial charge in [-0.15, -0.1) is 0 Å². The molecule has 0 atom stereocenters. The first-order valence-corrected chi connectivity index (χ1v) is 10.7. The molecule has 0 unspecified atom stereocenters. The van der Waals surface area contributed by atoms with Crippen LogP contribution in [0.15, 0.2) is 94.6 Å². The van der Waals surface area contributed by atoms with Crippen molar-refractivity contribution in [2.75, 3.05) is 0 Å². The van der Waals surface area contributed by atoms with E-state index < -0.39 is 10.0 Å². The first-order chi connectivity index (χ1) is 14.0. The van der Waals surface area contributed by atoms with Gasteiger partial charge in [-0.25, -0.2) is 13.1 Å². The Balaban J connectivity index is 1.44. The second kappa shape index (κ2) is 8.03. The van der Waals surface area contributed by atoms with Gasteiger partial charge in [0.2, 0.25) is 10.0 Å². The van der Waals surface area contributed by atoms with E-state index in [-0.39, 0.29) is 11.4 Å². The normalized spacial score (nSPS) is 11.5. The lowest BCUT2D eigenvalue weighted by molar-refractivity contribution is 0.578. The number of furan rings is 1. The van der Waals surface area contributed by atoms with E-state index in [0.717, 1.165) is 16.7 Å². The number of pyridine rings is 1. The number of benzene rings is 2. The largest absolute Gasteiger partial charge is 0.463 e. The van der Waals surface area contributed by atoms with Crippen molar-refractivity contribution in [1.29, 1.82) is 0 Å². The Morgan fingerprint density at radius 1 is 0.897 bits per heavy atom. The zero-order valence-corrected chi connectivity index (χ0v) is 16.7. The van der Waals surface area contributed by atoms with Crippen molar-refractivity contribution in [3.05, 3.63) is 96.4 Å². The van der Waals surface area contributed by atoms with Crippen LogP contribution in [0.25, 0.3) is 22.6 Å². The lowest BCUT2D eigenvalue weighted by atomic mass is 10.0. The fourth-order valence-corrected chi connectivity index (χ4v) is 3.95. The topological polar surface area (TPSA) is 72.2 Å². The van der Waals surface area contributed by atoms with Crippen molar-refractivity contribution < 1.29 is 12.8 Å². The van der Waals surface area contributed by atoms with Crippen LogP contribution < -0.4 is 4.72 Å². The van der Waals surface area contributed by atoms with E-state index in [2.05, 4.69) is 9.71 Å². The highest BCUT2D eigenvalue weighted by Gasteiger charge is 2.14. The highest BCUT2D eigenvalue weighted by Crippen LogP contribution is 2.22. The van der Waals surface area contributed by atoms with Gasteiger partial charge in [0.15, 0.2) is 5.76 Å². The highest BCUT2D eigenvalue weighted by atomic mass is 32.2. The van der Waals surface area contributed by atoms with Crippen LogP contribution in [0.2, 0.25) is 0 Å². The lowest BCUT2D eigenvalue weighted by Crippen LogP contribution is -2.23. The number of hydrogen-bond donors (Lipinski definition) is 1. The van der Waals surface area contributed by atoms with Crippen LogP contribution in [0.3, 0.4) is 0 Å². The van der Waals surface area contributed by atoms with Gasteiger partial charge in [-0.3, -0.25) is 4.98 Å². The minimum absolute atomic E-state index is 0.160. The van der Waals surface area contributed by atoms with Crippen molar-refractivity contribution in [3.8, 4) is 22.6 Å². The molecule has 146 valence electrons. The van der Waals surface area contributed by atoms with Gasteiger partial charge in [0, 0.05) is 12.7 Å². The molecule has 0 saturated heterocycles. The molecular weight excluding hydrogens is 384 g/mol. The van der Waals surface area contributed by atoms with Crippen LogP contribution in [0.1, 0.15) is 11.1 Å². The number of hydrogen-bond acceptors (Lipinski definition) is 4. The van der Waals surface area contributed by atoms with Crippen LogP contribution in [-0.2, 0) is 16.6 Å². The van der Waals surface area contributed by atoms with Crippen molar-refractivity contribution >= 4 is 10.0 Å². The van der Waals surface area contributed by atoms with Gasteiger partial charge in [-0.1, -0.05) is 48.0 Å². The molecule has 2 aromatic heterocycles. The summed E-state index contributed by atoms with van der Waals surface area (Å²) in [6, 6.07) is 22.2. The highest BCUT2D eigenvalue weighted by molar-refractivity contribution is 7.89. The maximum absolute atomic E-state index is 12.6. The number of aromatic nitrogens is 1. The molecule has 4 rings (SSSR count). The first kappa shape index (κ1) is 19.1. The Hall–Kier alpha value is -3.22. The Labute approximate surface area is 170 Å². The molecule has 6 heteroatoms. The Morgan fingerprint density at radius 2 is 1.59 bits per heavy atom. The van der Waals surface area contributed by atoms with Crippen LogP contribution in [0, 0.1) is 6.92 Å². The zero-order valence-electron chi connectivity index (χ0n) is 15.9. The minimum Gasteiger partial charge on any atom is -0.463 e. The fraction of sp³-hybridized carbons (Fsp3) is 0.0870. The third kappa shape index (κ3) is 4.45. The molecule has 0 bridgehead atoms. The molecule has 0 saturated carbocycles. The summed E-state index contributed by atoms with van der Waals surface area (Å²) in [5, 5.41) is 0. The van der Waals surface area contributed by atoms with Crippen molar-refractivity contribution in [2.45, 2.75) is 18.4 Å². The number of nitrogens with one attached hydrogen (secondary N) is 1. The van der Waals surface area contributed by atoms with E-state index in [0.29, 0.717) is 11.5 Å². The number of nitrogens with zero attached hydrogens (tertiary/aromatic N) is 1. The summed E-state index contributed by atoms with van der Waals surface area (Å²) in [4.78, 5) is 4.55. The SMILES string of the molecule is Cc1ccc(-c2ccc(S(=O)(=O)NCc3ccc(-c4ccco4)nc3)cc2)cc1. The van der Waals surface area contributed by atoms with Crippen molar-refractivity contribution in [3.63, 3.8) is 0 Å². The molecule has 4 aromatic rings. The molecule has 29 heavy (non-hydrogen) atoms. The van der Waals surface area contributed by atoms with Crippen LogP contribution >= 0.6 is 0 Å². The maximum atomic E-state index is 12.6. The fourth-order valence-electron chi connectivity index (χ4n) is 2.93. The standard InChI is InChI=1S/C23H20N2O3S/c1-17-4-7-19(8-5-17)20-9-11-21(12-10-20)29(26,27)25-16-18-6-13-22(24-15-18)23-3-2-14-28-23/h2-15,25H,16H2,1H3. The van der Waals surface area contributed by atoms with Gasteiger partial charge in [-0.2, -0.15) is 0 Å². The smallest absolute Gasteiger partial charge is 0.240 e. The average molecular weight is 404 g/mol. The van der Waals surface area contributed by atoms with Gasteiger partial charge in [0.25, 0.3) is 0 Å². The van der Waals surface area contributed by atoms with E-state index in [4.69, 9.17) is 4.42 Å². The molecule has 0 amide bonds. The monoisotopic (exact) mass is 404 g/mol.